The number of ether oxygens (including phenoxy) is 2. The van der Waals surface area contributed by atoms with Gasteiger partial charge in [-0.1, -0.05) is 0 Å². The monoisotopic (exact) mass is 443 g/mol. The van der Waals surface area contributed by atoms with Crippen molar-refractivity contribution in [1.29, 1.82) is 5.26 Å². The maximum absolute atomic E-state index is 13.1. The lowest BCUT2D eigenvalue weighted by molar-refractivity contribution is -0.122. The van der Waals surface area contributed by atoms with Crippen LogP contribution in [0.2, 0.25) is 0 Å². The average molecular weight is 444 g/mol. The summed E-state index contributed by atoms with van der Waals surface area (Å²) >= 11 is 0. The van der Waals surface area contributed by atoms with E-state index in [9.17, 15) is 13.2 Å². The van der Waals surface area contributed by atoms with Gasteiger partial charge in [-0.05, 0) is 69.2 Å². The average Bonchev–Trinajstić information content (AvgIpc) is 3.31. The SMILES string of the molecule is CCOc1ccc(NC(=O)[C@H](C)Oc2ccc(C#N)cc2)cc1S(=O)(=O)N1CCCC1. The van der Waals surface area contributed by atoms with Crippen molar-refractivity contribution < 1.29 is 22.7 Å². The van der Waals surface area contributed by atoms with E-state index in [1.807, 2.05) is 6.07 Å². The minimum absolute atomic E-state index is 0.0368. The molecule has 3 rings (SSSR count). The van der Waals surface area contributed by atoms with Crippen LogP contribution in [0.25, 0.3) is 0 Å². The zero-order valence-electron chi connectivity index (χ0n) is 17.5. The summed E-state index contributed by atoms with van der Waals surface area (Å²) in [5.41, 5.74) is 0.826. The molecule has 2 aromatic rings. The zero-order chi connectivity index (χ0) is 22.4. The Balaban J connectivity index is 1.77. The minimum atomic E-state index is -3.73. The first kappa shape index (κ1) is 22.6. The predicted octanol–water partition coefficient (Wildman–Crippen LogP) is 3.15. The summed E-state index contributed by atoms with van der Waals surface area (Å²) in [5.74, 6) is 0.276. The number of nitriles is 1. The van der Waals surface area contributed by atoms with Crippen molar-refractivity contribution in [3.63, 3.8) is 0 Å². The Labute approximate surface area is 182 Å². The van der Waals surface area contributed by atoms with E-state index in [4.69, 9.17) is 14.7 Å². The van der Waals surface area contributed by atoms with Gasteiger partial charge in [0.1, 0.15) is 16.4 Å². The van der Waals surface area contributed by atoms with Crippen LogP contribution in [0.5, 0.6) is 11.5 Å². The zero-order valence-corrected chi connectivity index (χ0v) is 18.3. The van der Waals surface area contributed by atoms with Crippen LogP contribution in [0.4, 0.5) is 5.69 Å². The van der Waals surface area contributed by atoms with Gasteiger partial charge in [0.2, 0.25) is 10.0 Å². The number of benzene rings is 2. The van der Waals surface area contributed by atoms with Gasteiger partial charge in [-0.3, -0.25) is 4.79 Å². The number of nitrogens with zero attached hydrogens (tertiary/aromatic N) is 2. The molecule has 1 atom stereocenters. The van der Waals surface area contributed by atoms with Crippen molar-refractivity contribution >= 4 is 21.6 Å². The first-order chi connectivity index (χ1) is 14.8. The quantitative estimate of drug-likeness (QED) is 0.671. The molecule has 0 saturated carbocycles. The summed E-state index contributed by atoms with van der Waals surface area (Å²) in [7, 11) is -3.73. The molecule has 1 N–H and O–H groups in total. The second kappa shape index (κ2) is 9.81. The largest absolute Gasteiger partial charge is 0.492 e. The molecule has 1 saturated heterocycles. The fourth-order valence-electron chi connectivity index (χ4n) is 3.24. The molecule has 0 radical (unpaired) electrons. The van der Waals surface area contributed by atoms with Gasteiger partial charge >= 0.3 is 0 Å². The van der Waals surface area contributed by atoms with E-state index in [1.165, 1.54) is 10.4 Å². The normalized spacial score (nSPS) is 15.1. The van der Waals surface area contributed by atoms with Crippen LogP contribution in [0.15, 0.2) is 47.4 Å². The predicted molar refractivity (Wildman–Crippen MR) is 115 cm³/mol. The van der Waals surface area contributed by atoms with Crippen molar-refractivity contribution in [3.05, 3.63) is 48.0 Å². The van der Waals surface area contributed by atoms with E-state index in [1.54, 1.807) is 50.2 Å². The van der Waals surface area contributed by atoms with Crippen molar-refractivity contribution in [2.24, 2.45) is 0 Å². The van der Waals surface area contributed by atoms with Gasteiger partial charge in [-0.25, -0.2) is 8.42 Å². The number of carbonyl (C=O) groups is 1. The van der Waals surface area contributed by atoms with Gasteiger partial charge in [0.05, 0.1) is 18.2 Å². The van der Waals surface area contributed by atoms with E-state index < -0.39 is 22.0 Å². The number of anilines is 1. The molecule has 9 heteroatoms. The van der Waals surface area contributed by atoms with Gasteiger partial charge in [0, 0.05) is 18.8 Å². The van der Waals surface area contributed by atoms with Crippen LogP contribution in [-0.2, 0) is 14.8 Å². The highest BCUT2D eigenvalue weighted by Crippen LogP contribution is 2.31. The maximum Gasteiger partial charge on any atom is 0.265 e. The second-order valence-electron chi connectivity index (χ2n) is 7.09. The summed E-state index contributed by atoms with van der Waals surface area (Å²) in [6.07, 6.45) is 0.811. The molecule has 164 valence electrons. The van der Waals surface area contributed by atoms with Gasteiger partial charge in [-0.15, -0.1) is 0 Å². The Morgan fingerprint density at radius 3 is 2.48 bits per heavy atom. The lowest BCUT2D eigenvalue weighted by Crippen LogP contribution is -2.31. The summed E-state index contributed by atoms with van der Waals surface area (Å²) in [6.45, 7) is 4.64. The van der Waals surface area contributed by atoms with Crippen LogP contribution < -0.4 is 14.8 Å². The minimum Gasteiger partial charge on any atom is -0.492 e. The highest BCUT2D eigenvalue weighted by Gasteiger charge is 2.30. The fraction of sp³-hybridized carbons (Fsp3) is 0.364. The maximum atomic E-state index is 13.1. The van der Waals surface area contributed by atoms with Crippen LogP contribution in [-0.4, -0.2) is 44.4 Å². The van der Waals surface area contributed by atoms with Crippen molar-refractivity contribution in [1.82, 2.24) is 4.31 Å². The standard InChI is InChI=1S/C22H25N3O5S/c1-3-29-20-11-8-18(14-21(20)31(27,28)25-12-4-5-13-25)24-22(26)16(2)30-19-9-6-17(15-23)7-10-19/h6-11,14,16H,3-5,12-13H2,1-2H3,(H,24,26)/t16-/m0/s1. The molecule has 1 amide bonds. The fourth-order valence-corrected chi connectivity index (χ4v) is 4.91. The van der Waals surface area contributed by atoms with E-state index in [2.05, 4.69) is 5.32 Å². The van der Waals surface area contributed by atoms with Crippen LogP contribution in [0, 0.1) is 11.3 Å². The molecule has 0 spiro atoms. The van der Waals surface area contributed by atoms with E-state index in [-0.39, 0.29) is 10.6 Å². The number of sulfonamides is 1. The van der Waals surface area contributed by atoms with E-state index >= 15 is 0 Å². The molecule has 0 unspecified atom stereocenters. The topological polar surface area (TPSA) is 109 Å². The Morgan fingerprint density at radius 1 is 1.19 bits per heavy atom. The van der Waals surface area contributed by atoms with Crippen molar-refractivity contribution in [3.8, 4) is 17.6 Å². The molecular formula is C22H25N3O5S. The number of carbonyl (C=O) groups excluding carboxylic acids is 1. The molecule has 0 bridgehead atoms. The Bertz CT molecular complexity index is 1070. The highest BCUT2D eigenvalue weighted by molar-refractivity contribution is 7.89. The number of nitrogens with one attached hydrogen (secondary N) is 1. The van der Waals surface area contributed by atoms with Crippen molar-refractivity contribution in [2.75, 3.05) is 25.0 Å². The third-order valence-corrected chi connectivity index (χ3v) is 6.78. The molecule has 1 heterocycles. The summed E-state index contributed by atoms with van der Waals surface area (Å²) in [5, 5.41) is 11.6. The molecule has 0 aromatic heterocycles. The molecule has 1 fully saturated rings. The second-order valence-corrected chi connectivity index (χ2v) is 9.00. The molecule has 2 aromatic carbocycles. The summed E-state index contributed by atoms with van der Waals surface area (Å²) in [6, 6.07) is 13.0. The third kappa shape index (κ3) is 5.34. The number of hydrogen-bond acceptors (Lipinski definition) is 6. The molecule has 1 aliphatic heterocycles. The number of amides is 1. The van der Waals surface area contributed by atoms with Crippen LogP contribution >= 0.6 is 0 Å². The first-order valence-corrected chi connectivity index (χ1v) is 11.5. The van der Waals surface area contributed by atoms with Gasteiger partial charge in [-0.2, -0.15) is 9.57 Å². The molecule has 0 aliphatic carbocycles. The smallest absolute Gasteiger partial charge is 0.265 e. The van der Waals surface area contributed by atoms with E-state index in [0.717, 1.165) is 12.8 Å². The Kier molecular flexibility index (Phi) is 7.15. The van der Waals surface area contributed by atoms with Crippen LogP contribution in [0.3, 0.4) is 0 Å². The lowest BCUT2D eigenvalue weighted by Gasteiger charge is -2.20. The number of rotatable bonds is 8. The lowest BCUT2D eigenvalue weighted by atomic mass is 10.2. The molecule has 8 nitrogen and oxygen atoms in total. The van der Waals surface area contributed by atoms with Gasteiger partial charge in [0.15, 0.2) is 6.10 Å². The molecule has 31 heavy (non-hydrogen) atoms. The summed E-state index contributed by atoms with van der Waals surface area (Å²) in [4.78, 5) is 12.6. The highest BCUT2D eigenvalue weighted by atomic mass is 32.2. The Morgan fingerprint density at radius 2 is 1.87 bits per heavy atom. The molecular weight excluding hydrogens is 418 g/mol. The Hall–Kier alpha value is -3.09. The molecule has 1 aliphatic rings. The van der Waals surface area contributed by atoms with Gasteiger partial charge < -0.3 is 14.8 Å². The number of hydrogen-bond donors (Lipinski definition) is 1. The third-order valence-electron chi connectivity index (χ3n) is 4.86. The first-order valence-electron chi connectivity index (χ1n) is 10.1. The van der Waals surface area contributed by atoms with Gasteiger partial charge in [0.25, 0.3) is 5.91 Å². The van der Waals surface area contributed by atoms with Crippen LogP contribution in [0.1, 0.15) is 32.3 Å². The van der Waals surface area contributed by atoms with E-state index in [0.29, 0.717) is 36.7 Å². The van der Waals surface area contributed by atoms with Crippen molar-refractivity contribution in [2.45, 2.75) is 37.7 Å². The summed E-state index contributed by atoms with van der Waals surface area (Å²) < 4.78 is 38.7.